The van der Waals surface area contributed by atoms with Crippen molar-refractivity contribution in [3.63, 3.8) is 0 Å². The number of amides is 1. The first-order valence-corrected chi connectivity index (χ1v) is 8.07. The number of carbonyl (C=O) groups excluding carboxylic acids is 1. The molecule has 1 amide bonds. The number of fused-ring (bicyclic) bond motifs is 2. The maximum atomic E-state index is 12.3. The number of hydrogen-bond acceptors (Lipinski definition) is 4. The van der Waals surface area contributed by atoms with Crippen molar-refractivity contribution < 1.29 is 4.79 Å². The van der Waals surface area contributed by atoms with Gasteiger partial charge in [0.2, 0.25) is 5.91 Å². The molecule has 26 heavy (non-hydrogen) atoms. The number of rotatable bonds is 4. The lowest BCUT2D eigenvalue weighted by Gasteiger charge is -2.10. The molecule has 0 radical (unpaired) electrons. The number of aromatic amines is 1. The normalized spacial score (nSPS) is 11.1. The Balaban J connectivity index is 1.56. The third-order valence-corrected chi connectivity index (χ3v) is 4.17. The average molecular weight is 349 g/mol. The predicted molar refractivity (Wildman–Crippen MR) is 97.5 cm³/mol. The minimum Gasteiger partial charge on any atom is -0.293 e. The Hall–Kier alpha value is -3.68. The molecule has 8 nitrogen and oxygen atoms in total. The molecule has 2 aromatic heterocycles. The zero-order valence-corrected chi connectivity index (χ0v) is 13.7. The first-order valence-electron chi connectivity index (χ1n) is 8.07. The highest BCUT2D eigenvalue weighted by molar-refractivity contribution is 5.86. The fraction of sp³-hybridized carbons (Fsp3) is 0.111. The van der Waals surface area contributed by atoms with Crippen molar-refractivity contribution in [1.82, 2.24) is 19.2 Å². The monoisotopic (exact) mass is 349 g/mol. The van der Waals surface area contributed by atoms with Crippen LogP contribution in [0.2, 0.25) is 0 Å². The quantitative estimate of drug-likeness (QED) is 0.578. The van der Waals surface area contributed by atoms with E-state index >= 15 is 0 Å². The number of imidazole rings is 1. The maximum Gasteiger partial charge on any atom is 0.328 e. The summed E-state index contributed by atoms with van der Waals surface area (Å²) in [6.07, 6.45) is 1.60. The number of hydrogen-bond donors (Lipinski definition) is 2. The fourth-order valence-corrected chi connectivity index (χ4v) is 2.92. The van der Waals surface area contributed by atoms with Crippen molar-refractivity contribution in [3.8, 4) is 0 Å². The Morgan fingerprint density at radius 1 is 1.04 bits per heavy atom. The van der Waals surface area contributed by atoms with Crippen LogP contribution in [0.25, 0.3) is 21.9 Å². The largest absolute Gasteiger partial charge is 0.328 e. The number of para-hydroxylation sites is 3. The molecule has 0 spiro atoms. The van der Waals surface area contributed by atoms with E-state index < -0.39 is 11.2 Å². The second kappa shape index (κ2) is 6.32. The van der Waals surface area contributed by atoms with E-state index in [-0.39, 0.29) is 18.9 Å². The molecule has 0 aliphatic rings. The van der Waals surface area contributed by atoms with Gasteiger partial charge in [0.25, 0.3) is 5.56 Å². The highest BCUT2D eigenvalue weighted by atomic mass is 16.2. The van der Waals surface area contributed by atoms with Crippen LogP contribution >= 0.6 is 0 Å². The number of H-pyrrole nitrogens is 1. The Kier molecular flexibility index (Phi) is 3.85. The topological polar surface area (TPSA) is 102 Å². The Morgan fingerprint density at radius 3 is 2.62 bits per heavy atom. The highest BCUT2D eigenvalue weighted by Crippen LogP contribution is 2.10. The minimum atomic E-state index is -0.533. The van der Waals surface area contributed by atoms with Crippen molar-refractivity contribution in [2.45, 2.75) is 13.0 Å². The number of nitrogens with one attached hydrogen (secondary N) is 2. The summed E-state index contributed by atoms with van der Waals surface area (Å²) < 4.78 is 2.94. The molecular weight excluding hydrogens is 334 g/mol. The SMILES string of the molecule is O=C(CCn1c(=O)[nH]c(=O)c2ccccc21)Nn1cnc2ccccc21. The van der Waals surface area contributed by atoms with Gasteiger partial charge in [-0.05, 0) is 24.3 Å². The molecule has 2 heterocycles. The van der Waals surface area contributed by atoms with Gasteiger partial charge in [-0.1, -0.05) is 24.3 Å². The summed E-state index contributed by atoms with van der Waals surface area (Å²) in [5.41, 5.74) is 3.84. The first kappa shape index (κ1) is 15.8. The molecule has 0 fully saturated rings. The van der Waals surface area contributed by atoms with Gasteiger partial charge in [-0.25, -0.2) is 14.5 Å². The van der Waals surface area contributed by atoms with Crippen LogP contribution in [0.3, 0.4) is 0 Å². The number of benzene rings is 2. The summed E-state index contributed by atoms with van der Waals surface area (Å²) in [4.78, 5) is 42.8. The highest BCUT2D eigenvalue weighted by Gasteiger charge is 2.10. The van der Waals surface area contributed by atoms with E-state index in [2.05, 4.69) is 15.4 Å². The number of carbonyl (C=O) groups is 1. The van der Waals surface area contributed by atoms with Gasteiger partial charge >= 0.3 is 5.69 Å². The van der Waals surface area contributed by atoms with E-state index in [9.17, 15) is 14.4 Å². The number of aryl methyl sites for hydroxylation is 1. The van der Waals surface area contributed by atoms with Gasteiger partial charge < -0.3 is 0 Å². The van der Waals surface area contributed by atoms with Gasteiger partial charge in [0.15, 0.2) is 0 Å². The molecule has 0 atom stereocenters. The van der Waals surface area contributed by atoms with Gasteiger partial charge in [0, 0.05) is 13.0 Å². The van der Waals surface area contributed by atoms with Crippen LogP contribution in [0.1, 0.15) is 6.42 Å². The van der Waals surface area contributed by atoms with Gasteiger partial charge in [-0.3, -0.25) is 24.6 Å². The molecule has 0 unspecified atom stereocenters. The molecule has 4 rings (SSSR count). The van der Waals surface area contributed by atoms with Crippen LogP contribution < -0.4 is 16.7 Å². The third kappa shape index (κ3) is 2.77. The standard InChI is InChI=1S/C18H15N5O3/c24-16(21-23-11-19-13-6-2-4-8-15(13)23)9-10-22-14-7-3-1-5-12(14)17(25)20-18(22)26/h1-8,11H,9-10H2,(H,21,24)(H,20,25,26). The van der Waals surface area contributed by atoms with Crippen molar-refractivity contribution in [2.24, 2.45) is 0 Å². The van der Waals surface area contributed by atoms with Crippen LogP contribution in [-0.4, -0.2) is 25.1 Å². The van der Waals surface area contributed by atoms with Crippen LogP contribution in [0.5, 0.6) is 0 Å². The van der Waals surface area contributed by atoms with E-state index in [4.69, 9.17) is 0 Å². The Bertz CT molecular complexity index is 1230. The van der Waals surface area contributed by atoms with E-state index in [0.717, 1.165) is 11.0 Å². The average Bonchev–Trinajstić information content (AvgIpc) is 3.04. The van der Waals surface area contributed by atoms with Crippen molar-refractivity contribution in [3.05, 3.63) is 75.7 Å². The summed E-state index contributed by atoms with van der Waals surface area (Å²) in [6, 6.07) is 14.2. The van der Waals surface area contributed by atoms with Crippen LogP contribution in [0, 0.1) is 0 Å². The van der Waals surface area contributed by atoms with Crippen LogP contribution in [0.4, 0.5) is 0 Å². The molecule has 2 aromatic carbocycles. The van der Waals surface area contributed by atoms with Crippen LogP contribution in [-0.2, 0) is 11.3 Å². The minimum absolute atomic E-state index is 0.0719. The smallest absolute Gasteiger partial charge is 0.293 e. The molecule has 4 aromatic rings. The van der Waals surface area contributed by atoms with E-state index in [1.54, 1.807) is 28.9 Å². The summed E-state index contributed by atoms with van der Waals surface area (Å²) in [5.74, 6) is -0.268. The van der Waals surface area contributed by atoms with Gasteiger partial charge in [0.05, 0.1) is 21.9 Å². The fourth-order valence-electron chi connectivity index (χ4n) is 2.92. The summed E-state index contributed by atoms with van der Waals surface area (Å²) in [5, 5.41) is 0.410. The molecular formula is C18H15N5O3. The van der Waals surface area contributed by atoms with Crippen molar-refractivity contribution in [1.29, 1.82) is 0 Å². The second-order valence-corrected chi connectivity index (χ2v) is 5.82. The molecule has 0 bridgehead atoms. The Labute approximate surface area is 146 Å². The Morgan fingerprint density at radius 2 is 1.77 bits per heavy atom. The predicted octanol–water partition coefficient (Wildman–Crippen LogP) is 1.20. The second-order valence-electron chi connectivity index (χ2n) is 5.82. The molecule has 0 saturated heterocycles. The molecule has 0 aliphatic carbocycles. The zero-order chi connectivity index (χ0) is 18.1. The summed E-state index contributed by atoms with van der Waals surface area (Å²) >= 11 is 0. The number of aromatic nitrogens is 4. The molecule has 130 valence electrons. The van der Waals surface area contributed by atoms with Gasteiger partial charge in [0.1, 0.15) is 6.33 Å². The lowest BCUT2D eigenvalue weighted by atomic mass is 10.2. The third-order valence-electron chi connectivity index (χ3n) is 4.17. The van der Waals surface area contributed by atoms with Crippen molar-refractivity contribution >= 4 is 27.8 Å². The molecule has 8 heteroatoms. The van der Waals surface area contributed by atoms with E-state index in [1.807, 2.05) is 24.3 Å². The lowest BCUT2D eigenvalue weighted by Crippen LogP contribution is -2.32. The van der Waals surface area contributed by atoms with E-state index in [1.165, 1.54) is 10.9 Å². The van der Waals surface area contributed by atoms with Crippen LogP contribution in [0.15, 0.2) is 64.4 Å². The van der Waals surface area contributed by atoms with Gasteiger partial charge in [-0.2, -0.15) is 0 Å². The number of nitrogens with zero attached hydrogens (tertiary/aromatic N) is 3. The first-order chi connectivity index (χ1) is 12.6. The summed E-state index contributed by atoms with van der Waals surface area (Å²) in [6.45, 7) is 0.147. The molecule has 0 saturated carbocycles. The lowest BCUT2D eigenvalue weighted by molar-refractivity contribution is -0.117. The van der Waals surface area contributed by atoms with Crippen molar-refractivity contribution in [2.75, 3.05) is 5.43 Å². The molecule has 0 aliphatic heterocycles. The maximum absolute atomic E-state index is 12.3. The zero-order valence-electron chi connectivity index (χ0n) is 13.7. The molecule has 2 N–H and O–H groups in total. The van der Waals surface area contributed by atoms with E-state index in [0.29, 0.717) is 10.9 Å². The van der Waals surface area contributed by atoms with Gasteiger partial charge in [-0.15, -0.1) is 0 Å². The summed E-state index contributed by atoms with van der Waals surface area (Å²) in [7, 11) is 0.